The second-order valence-electron chi connectivity index (χ2n) is 5.10. The zero-order valence-corrected chi connectivity index (χ0v) is 14.2. The number of amides is 1. The number of ketones is 1. The molecule has 0 atom stereocenters. The van der Waals surface area contributed by atoms with Crippen LogP contribution in [0.2, 0.25) is 5.02 Å². The smallest absolute Gasteiger partial charge is 0.337 e. The summed E-state index contributed by atoms with van der Waals surface area (Å²) in [6, 6.07) is 10.6. The highest BCUT2D eigenvalue weighted by Crippen LogP contribution is 2.24. The number of anilines is 1. The van der Waals surface area contributed by atoms with Gasteiger partial charge >= 0.3 is 5.97 Å². The van der Waals surface area contributed by atoms with Gasteiger partial charge in [-0.3, -0.25) is 9.59 Å². The Morgan fingerprint density at radius 2 is 1.84 bits per heavy atom. The minimum atomic E-state index is -1.15. The lowest BCUT2D eigenvalue weighted by Gasteiger charge is -2.12. The highest BCUT2D eigenvalue weighted by Gasteiger charge is 2.15. The molecule has 0 heterocycles. The molecule has 2 rings (SSSR count). The van der Waals surface area contributed by atoms with Crippen molar-refractivity contribution in [2.24, 2.45) is 0 Å². The Balaban J connectivity index is 2.09. The molecule has 0 bridgehead atoms. The Morgan fingerprint density at radius 1 is 1.12 bits per heavy atom. The van der Waals surface area contributed by atoms with Crippen molar-refractivity contribution >= 4 is 34.9 Å². The molecule has 130 valence electrons. The summed E-state index contributed by atoms with van der Waals surface area (Å²) in [6.45, 7) is 1.34. The summed E-state index contributed by atoms with van der Waals surface area (Å²) >= 11 is 5.89. The first-order valence-electron chi connectivity index (χ1n) is 7.50. The zero-order valence-electron chi connectivity index (χ0n) is 13.4. The second-order valence-corrected chi connectivity index (χ2v) is 5.54. The van der Waals surface area contributed by atoms with Gasteiger partial charge in [0.05, 0.1) is 16.8 Å². The van der Waals surface area contributed by atoms with Crippen molar-refractivity contribution in [1.29, 1.82) is 0 Å². The van der Waals surface area contributed by atoms with Crippen LogP contribution < -0.4 is 10.1 Å². The molecule has 0 unspecified atom stereocenters. The molecule has 2 aromatic rings. The van der Waals surface area contributed by atoms with E-state index in [0.29, 0.717) is 10.6 Å². The summed E-state index contributed by atoms with van der Waals surface area (Å²) in [4.78, 5) is 35.1. The van der Waals surface area contributed by atoms with Gasteiger partial charge in [0.1, 0.15) is 5.75 Å². The van der Waals surface area contributed by atoms with E-state index in [1.54, 1.807) is 25.1 Å². The van der Waals surface area contributed by atoms with Crippen LogP contribution in [0.15, 0.2) is 42.5 Å². The number of carbonyl (C=O) groups excluding carboxylic acids is 2. The molecule has 0 aliphatic carbocycles. The molecule has 25 heavy (non-hydrogen) atoms. The van der Waals surface area contributed by atoms with Crippen LogP contribution in [0.3, 0.4) is 0 Å². The number of aromatic carboxylic acids is 1. The summed E-state index contributed by atoms with van der Waals surface area (Å²) < 4.78 is 5.41. The lowest BCUT2D eigenvalue weighted by Crippen LogP contribution is -2.22. The van der Waals surface area contributed by atoms with E-state index >= 15 is 0 Å². The Kier molecular flexibility index (Phi) is 6.14. The van der Waals surface area contributed by atoms with Crippen LogP contribution in [0, 0.1) is 0 Å². The molecule has 0 aromatic heterocycles. The monoisotopic (exact) mass is 361 g/mol. The minimum Gasteiger partial charge on any atom is -0.483 e. The number of benzene rings is 2. The van der Waals surface area contributed by atoms with E-state index in [2.05, 4.69) is 5.32 Å². The molecule has 6 nitrogen and oxygen atoms in total. The predicted molar refractivity (Wildman–Crippen MR) is 93.6 cm³/mol. The molecule has 0 saturated heterocycles. The molecule has 1 amide bonds. The number of carbonyl (C=O) groups is 3. The van der Waals surface area contributed by atoms with Crippen molar-refractivity contribution in [3.05, 3.63) is 58.6 Å². The van der Waals surface area contributed by atoms with Crippen LogP contribution in [0.1, 0.15) is 34.1 Å². The fourth-order valence-corrected chi connectivity index (χ4v) is 2.32. The van der Waals surface area contributed by atoms with Crippen LogP contribution in [0.4, 0.5) is 5.69 Å². The van der Waals surface area contributed by atoms with E-state index in [0.717, 1.165) is 0 Å². The fourth-order valence-electron chi connectivity index (χ4n) is 2.14. The highest BCUT2D eigenvalue weighted by molar-refractivity contribution is 6.31. The predicted octanol–water partition coefficient (Wildman–Crippen LogP) is 3.65. The van der Waals surface area contributed by atoms with E-state index in [4.69, 9.17) is 21.4 Å². The van der Waals surface area contributed by atoms with Crippen molar-refractivity contribution in [3.8, 4) is 5.75 Å². The maximum atomic E-state index is 12.0. The number of rotatable bonds is 7. The molecule has 0 radical (unpaired) electrons. The van der Waals surface area contributed by atoms with Gasteiger partial charge in [-0.1, -0.05) is 30.7 Å². The van der Waals surface area contributed by atoms with Crippen molar-refractivity contribution in [2.45, 2.75) is 13.3 Å². The van der Waals surface area contributed by atoms with Gasteiger partial charge in [0, 0.05) is 11.4 Å². The summed E-state index contributed by atoms with van der Waals surface area (Å²) in [6.07, 6.45) is 0.273. The van der Waals surface area contributed by atoms with Gasteiger partial charge in [-0.2, -0.15) is 0 Å². The molecular formula is C18H16ClNO5. The Bertz CT molecular complexity index is 819. The summed E-state index contributed by atoms with van der Waals surface area (Å²) in [5, 5.41) is 12.0. The van der Waals surface area contributed by atoms with Crippen LogP contribution in [0.5, 0.6) is 5.75 Å². The topological polar surface area (TPSA) is 92.7 Å². The number of ether oxygens (including phenoxy) is 1. The molecule has 0 saturated carbocycles. The van der Waals surface area contributed by atoms with Gasteiger partial charge in [-0.15, -0.1) is 0 Å². The Hall–Kier alpha value is -2.86. The third-order valence-electron chi connectivity index (χ3n) is 3.35. The first-order chi connectivity index (χ1) is 11.9. The van der Waals surface area contributed by atoms with Crippen molar-refractivity contribution in [1.82, 2.24) is 0 Å². The normalized spacial score (nSPS) is 10.2. The first-order valence-corrected chi connectivity index (χ1v) is 7.88. The molecule has 2 N–H and O–H groups in total. The number of nitrogens with one attached hydrogen (secondary N) is 1. The molecule has 0 aliphatic heterocycles. The van der Waals surface area contributed by atoms with Gasteiger partial charge in [0.15, 0.2) is 12.4 Å². The fraction of sp³-hybridized carbons (Fsp3) is 0.167. The Morgan fingerprint density at radius 3 is 2.52 bits per heavy atom. The largest absolute Gasteiger partial charge is 0.483 e. The third kappa shape index (κ3) is 4.81. The first kappa shape index (κ1) is 18.5. The summed E-state index contributed by atoms with van der Waals surface area (Å²) in [5.41, 5.74) is 0.447. The second kappa shape index (κ2) is 8.30. The van der Waals surface area contributed by atoms with Crippen molar-refractivity contribution < 1.29 is 24.2 Å². The number of hydrogen-bond acceptors (Lipinski definition) is 4. The number of carboxylic acids is 1. The van der Waals surface area contributed by atoms with Crippen LogP contribution >= 0.6 is 11.6 Å². The van der Waals surface area contributed by atoms with Gasteiger partial charge in [-0.25, -0.2) is 4.79 Å². The maximum absolute atomic E-state index is 12.0. The highest BCUT2D eigenvalue weighted by atomic mass is 35.5. The van der Waals surface area contributed by atoms with Crippen LogP contribution in [0.25, 0.3) is 0 Å². The molecular weight excluding hydrogens is 346 g/mol. The van der Waals surface area contributed by atoms with E-state index in [-0.39, 0.29) is 35.8 Å². The molecule has 7 heteroatoms. The maximum Gasteiger partial charge on any atom is 0.337 e. The standard InChI is InChI=1S/C18H16ClNO5/c1-2-15(21)13-9-11(19)7-8-16(13)25-10-17(22)20-14-6-4-3-5-12(14)18(23)24/h3-9H,2,10H2,1H3,(H,20,22)(H,23,24). The van der Waals surface area contributed by atoms with E-state index in [1.165, 1.54) is 24.3 Å². The third-order valence-corrected chi connectivity index (χ3v) is 3.59. The molecule has 2 aromatic carbocycles. The van der Waals surface area contributed by atoms with Crippen LogP contribution in [-0.4, -0.2) is 29.4 Å². The van der Waals surface area contributed by atoms with Crippen molar-refractivity contribution in [3.63, 3.8) is 0 Å². The average molecular weight is 362 g/mol. The summed E-state index contributed by atoms with van der Waals surface area (Å²) in [7, 11) is 0. The number of Topliss-reactive ketones (excluding diaryl/α,β-unsaturated/α-hetero) is 1. The SMILES string of the molecule is CCC(=O)c1cc(Cl)ccc1OCC(=O)Nc1ccccc1C(=O)O. The Labute approximate surface area is 149 Å². The average Bonchev–Trinajstić information content (AvgIpc) is 2.60. The van der Waals surface area contributed by atoms with E-state index in [9.17, 15) is 14.4 Å². The zero-order chi connectivity index (χ0) is 18.4. The van der Waals surface area contributed by atoms with Gasteiger partial charge < -0.3 is 15.2 Å². The molecule has 0 fully saturated rings. The van der Waals surface area contributed by atoms with E-state index in [1.807, 2.05) is 0 Å². The van der Waals surface area contributed by atoms with Crippen LogP contribution in [-0.2, 0) is 4.79 Å². The lowest BCUT2D eigenvalue weighted by atomic mass is 10.1. The molecule has 0 aliphatic rings. The molecule has 0 spiro atoms. The van der Waals surface area contributed by atoms with Crippen molar-refractivity contribution in [2.75, 3.05) is 11.9 Å². The number of hydrogen-bond donors (Lipinski definition) is 2. The minimum absolute atomic E-state index is 0.0239. The van der Waals surface area contributed by atoms with Gasteiger partial charge in [-0.05, 0) is 30.3 Å². The summed E-state index contributed by atoms with van der Waals surface area (Å²) in [5.74, 6) is -1.60. The number of halogens is 1. The lowest BCUT2D eigenvalue weighted by molar-refractivity contribution is -0.118. The quantitative estimate of drug-likeness (QED) is 0.734. The number of carboxylic acid groups (broad SMARTS) is 1. The van der Waals surface area contributed by atoms with Gasteiger partial charge in [0.25, 0.3) is 5.91 Å². The van der Waals surface area contributed by atoms with E-state index < -0.39 is 11.9 Å². The number of para-hydroxylation sites is 1. The van der Waals surface area contributed by atoms with Gasteiger partial charge in [0.2, 0.25) is 0 Å².